The molecule has 0 spiro atoms. The van der Waals surface area contributed by atoms with Crippen molar-refractivity contribution in [3.05, 3.63) is 69.8 Å². The van der Waals surface area contributed by atoms with E-state index in [-0.39, 0.29) is 17.8 Å². The van der Waals surface area contributed by atoms with E-state index in [0.29, 0.717) is 17.6 Å². The molecular formula is C26H31N3O3. The maximum absolute atomic E-state index is 13.5. The van der Waals surface area contributed by atoms with Crippen molar-refractivity contribution in [2.24, 2.45) is 5.41 Å². The number of carbonyl (C=O) groups excluding carboxylic acids is 2. The highest BCUT2D eigenvalue weighted by atomic mass is 16.5. The summed E-state index contributed by atoms with van der Waals surface area (Å²) in [6, 6.07) is 9.90. The van der Waals surface area contributed by atoms with Crippen molar-refractivity contribution < 1.29 is 14.3 Å². The van der Waals surface area contributed by atoms with Crippen molar-refractivity contribution in [2.75, 3.05) is 6.61 Å². The van der Waals surface area contributed by atoms with Gasteiger partial charge in [-0.05, 0) is 51.7 Å². The number of esters is 1. The molecule has 2 aliphatic rings. The second kappa shape index (κ2) is 8.08. The molecule has 0 radical (unpaired) electrons. The quantitative estimate of drug-likeness (QED) is 0.710. The topological polar surface area (TPSA) is 73.2 Å². The average Bonchev–Trinajstić information content (AvgIpc) is 3.00. The Labute approximate surface area is 189 Å². The van der Waals surface area contributed by atoms with E-state index < -0.39 is 11.9 Å². The van der Waals surface area contributed by atoms with E-state index in [1.54, 1.807) is 6.92 Å². The SMILES string of the molecule is CCOC(=O)C1=C(C)NC2=C(C(=O)CC(C)(C)C2)[C@H]1c1c(C)nn(-c2ccccc2)c1C. The summed E-state index contributed by atoms with van der Waals surface area (Å²) in [6.07, 6.45) is 1.20. The second-order valence-electron chi connectivity index (χ2n) is 9.48. The maximum Gasteiger partial charge on any atom is 0.336 e. The van der Waals surface area contributed by atoms with Crippen molar-refractivity contribution in [2.45, 2.75) is 60.3 Å². The molecule has 1 atom stereocenters. The molecule has 1 aliphatic heterocycles. The number of para-hydroxylation sites is 1. The van der Waals surface area contributed by atoms with Crippen LogP contribution in [0, 0.1) is 19.3 Å². The van der Waals surface area contributed by atoms with E-state index in [9.17, 15) is 9.59 Å². The number of aromatic nitrogens is 2. The summed E-state index contributed by atoms with van der Waals surface area (Å²) >= 11 is 0. The predicted octanol–water partition coefficient (Wildman–Crippen LogP) is 4.66. The standard InChI is InChI=1S/C26H31N3O3/c1-7-32-25(31)22-15(2)27-19-13-26(5,6)14-20(30)23(19)24(22)21-16(3)28-29(17(21)4)18-11-9-8-10-12-18/h8-12,24,27H,7,13-14H2,1-6H3/t24-/m0/s1. The molecule has 0 saturated heterocycles. The number of allylic oxidation sites excluding steroid dienone is 3. The van der Waals surface area contributed by atoms with Crippen LogP contribution in [0.1, 0.15) is 63.4 Å². The molecule has 1 aromatic carbocycles. The van der Waals surface area contributed by atoms with E-state index >= 15 is 0 Å². The van der Waals surface area contributed by atoms with Crippen LogP contribution in [0.3, 0.4) is 0 Å². The fraction of sp³-hybridized carbons (Fsp3) is 0.423. The zero-order valence-electron chi connectivity index (χ0n) is 19.7. The van der Waals surface area contributed by atoms with Gasteiger partial charge in [0.1, 0.15) is 0 Å². The Morgan fingerprint density at radius 3 is 2.53 bits per heavy atom. The largest absolute Gasteiger partial charge is 0.463 e. The number of aryl methyl sites for hydroxylation is 1. The lowest BCUT2D eigenvalue weighted by molar-refractivity contribution is -0.138. The highest BCUT2D eigenvalue weighted by Gasteiger charge is 2.44. The third-order valence-electron chi connectivity index (χ3n) is 6.37. The molecule has 1 N–H and O–H groups in total. The minimum atomic E-state index is -0.494. The normalized spacial score (nSPS) is 20.2. The van der Waals surface area contributed by atoms with Crippen LogP contribution in [0.4, 0.5) is 0 Å². The highest BCUT2D eigenvalue weighted by Crippen LogP contribution is 2.48. The zero-order valence-corrected chi connectivity index (χ0v) is 19.7. The molecule has 2 aromatic rings. The lowest BCUT2D eigenvalue weighted by atomic mass is 9.68. The predicted molar refractivity (Wildman–Crippen MR) is 123 cm³/mol. The van der Waals surface area contributed by atoms with Crippen LogP contribution in [-0.4, -0.2) is 28.1 Å². The van der Waals surface area contributed by atoms with Gasteiger partial charge in [-0.1, -0.05) is 32.0 Å². The van der Waals surface area contributed by atoms with Gasteiger partial charge in [0, 0.05) is 34.6 Å². The summed E-state index contributed by atoms with van der Waals surface area (Å²) < 4.78 is 7.32. The van der Waals surface area contributed by atoms with Gasteiger partial charge in [0.05, 0.1) is 29.5 Å². The monoisotopic (exact) mass is 433 g/mol. The minimum Gasteiger partial charge on any atom is -0.463 e. The first kappa shape index (κ1) is 22.1. The number of nitrogens with zero attached hydrogens (tertiary/aromatic N) is 2. The van der Waals surface area contributed by atoms with Crippen LogP contribution in [0.15, 0.2) is 52.9 Å². The summed E-state index contributed by atoms with van der Waals surface area (Å²) in [5.74, 6) is -0.807. The molecule has 0 unspecified atom stereocenters. The number of Topliss-reactive ketones (excluding diaryl/α,β-unsaturated/α-hetero) is 1. The molecular weight excluding hydrogens is 402 g/mol. The lowest BCUT2D eigenvalue weighted by Gasteiger charge is -2.39. The number of ketones is 1. The Kier molecular flexibility index (Phi) is 5.57. The fourth-order valence-electron chi connectivity index (χ4n) is 5.10. The maximum atomic E-state index is 13.5. The number of dihydropyridines is 1. The first-order chi connectivity index (χ1) is 15.1. The molecule has 2 heterocycles. The van der Waals surface area contributed by atoms with Crippen LogP contribution < -0.4 is 5.32 Å². The van der Waals surface area contributed by atoms with Crippen molar-refractivity contribution >= 4 is 11.8 Å². The van der Waals surface area contributed by atoms with Gasteiger partial charge in [-0.15, -0.1) is 0 Å². The molecule has 32 heavy (non-hydrogen) atoms. The first-order valence-corrected chi connectivity index (χ1v) is 11.2. The molecule has 6 nitrogen and oxygen atoms in total. The van der Waals surface area contributed by atoms with Gasteiger partial charge in [-0.2, -0.15) is 5.10 Å². The minimum absolute atomic E-state index is 0.0781. The van der Waals surface area contributed by atoms with Crippen LogP contribution >= 0.6 is 0 Å². The Morgan fingerprint density at radius 2 is 1.88 bits per heavy atom. The van der Waals surface area contributed by atoms with Crippen LogP contribution in [0.25, 0.3) is 5.69 Å². The number of rotatable bonds is 4. The lowest BCUT2D eigenvalue weighted by Crippen LogP contribution is -2.39. The molecule has 168 valence electrons. The van der Waals surface area contributed by atoms with Crippen molar-refractivity contribution in [1.82, 2.24) is 15.1 Å². The second-order valence-corrected chi connectivity index (χ2v) is 9.48. The van der Waals surface area contributed by atoms with E-state index in [0.717, 1.165) is 40.5 Å². The van der Waals surface area contributed by atoms with E-state index in [1.165, 1.54) is 0 Å². The molecule has 4 rings (SSSR count). The summed E-state index contributed by atoms with van der Waals surface area (Å²) in [7, 11) is 0. The van der Waals surface area contributed by atoms with Gasteiger partial charge in [-0.25, -0.2) is 9.48 Å². The van der Waals surface area contributed by atoms with E-state index in [4.69, 9.17) is 9.84 Å². The van der Waals surface area contributed by atoms with E-state index in [2.05, 4.69) is 19.2 Å². The Bertz CT molecular complexity index is 1150. The van der Waals surface area contributed by atoms with Gasteiger partial charge in [0.25, 0.3) is 0 Å². The smallest absolute Gasteiger partial charge is 0.336 e. The third-order valence-corrected chi connectivity index (χ3v) is 6.37. The molecule has 0 saturated carbocycles. The third kappa shape index (κ3) is 3.68. The summed E-state index contributed by atoms with van der Waals surface area (Å²) in [5.41, 5.74) is 6.26. The van der Waals surface area contributed by atoms with Crippen molar-refractivity contribution in [3.63, 3.8) is 0 Å². The average molecular weight is 434 g/mol. The van der Waals surface area contributed by atoms with E-state index in [1.807, 2.05) is 55.8 Å². The fourth-order valence-corrected chi connectivity index (χ4v) is 5.10. The number of carbonyl (C=O) groups is 2. The van der Waals surface area contributed by atoms with Crippen molar-refractivity contribution in [1.29, 1.82) is 0 Å². The van der Waals surface area contributed by atoms with Crippen LogP contribution in [0.5, 0.6) is 0 Å². The van der Waals surface area contributed by atoms with Gasteiger partial charge in [0.15, 0.2) is 5.78 Å². The molecule has 0 amide bonds. The van der Waals surface area contributed by atoms with Crippen molar-refractivity contribution in [3.8, 4) is 5.69 Å². The number of hydrogen-bond acceptors (Lipinski definition) is 5. The van der Waals surface area contributed by atoms with Gasteiger partial charge >= 0.3 is 5.97 Å². The molecule has 1 aliphatic carbocycles. The number of benzene rings is 1. The molecule has 0 bridgehead atoms. The van der Waals surface area contributed by atoms with Crippen LogP contribution in [0.2, 0.25) is 0 Å². The summed E-state index contributed by atoms with van der Waals surface area (Å²) in [4.78, 5) is 26.6. The first-order valence-electron chi connectivity index (χ1n) is 11.2. The van der Waals surface area contributed by atoms with Gasteiger partial charge < -0.3 is 10.1 Å². The Morgan fingerprint density at radius 1 is 1.19 bits per heavy atom. The Hall–Kier alpha value is -3.15. The summed E-state index contributed by atoms with van der Waals surface area (Å²) in [5, 5.41) is 8.18. The zero-order chi connectivity index (χ0) is 23.2. The van der Waals surface area contributed by atoms with Crippen LogP contribution in [-0.2, 0) is 14.3 Å². The summed E-state index contributed by atoms with van der Waals surface area (Å²) in [6.45, 7) is 12.1. The number of hydrogen-bond donors (Lipinski definition) is 1. The number of ether oxygens (including phenoxy) is 1. The van der Waals surface area contributed by atoms with Gasteiger partial charge in [-0.3, -0.25) is 4.79 Å². The Balaban J connectivity index is 1.95. The highest BCUT2D eigenvalue weighted by molar-refractivity contribution is 6.04. The molecule has 0 fully saturated rings. The molecule has 6 heteroatoms. The van der Waals surface area contributed by atoms with Gasteiger partial charge in [0.2, 0.25) is 0 Å². The molecule has 1 aromatic heterocycles. The number of nitrogens with one attached hydrogen (secondary N) is 1.